The highest BCUT2D eigenvalue weighted by Gasteiger charge is 2.26. The third-order valence-corrected chi connectivity index (χ3v) is 7.61. The molecule has 0 aliphatic carbocycles. The van der Waals surface area contributed by atoms with Crippen molar-refractivity contribution in [1.82, 2.24) is 15.2 Å². The SMILES string of the molecule is COCCOCCOCC(=O)N1CCC(c2nc(C(=O)NC(C)c3ccc4ccccc4c3)cs2)CC1. The lowest BCUT2D eigenvalue weighted by Crippen LogP contribution is -2.40. The molecule has 0 radical (unpaired) electrons. The van der Waals surface area contributed by atoms with Crippen LogP contribution in [0, 0.1) is 0 Å². The topological polar surface area (TPSA) is 90.0 Å². The Morgan fingerprint density at radius 3 is 2.57 bits per heavy atom. The number of piperidine rings is 1. The highest BCUT2D eigenvalue weighted by atomic mass is 32.1. The Kier molecular flexibility index (Phi) is 10.0. The number of fused-ring (bicyclic) bond motifs is 1. The van der Waals surface area contributed by atoms with Gasteiger partial charge in [0.1, 0.15) is 12.3 Å². The Morgan fingerprint density at radius 2 is 1.78 bits per heavy atom. The van der Waals surface area contributed by atoms with Crippen LogP contribution < -0.4 is 5.32 Å². The third-order valence-electron chi connectivity index (χ3n) is 6.60. The van der Waals surface area contributed by atoms with E-state index in [0.29, 0.717) is 45.2 Å². The Hall–Kier alpha value is -2.85. The largest absolute Gasteiger partial charge is 0.382 e. The molecule has 0 bridgehead atoms. The van der Waals surface area contributed by atoms with Gasteiger partial charge in [-0.25, -0.2) is 4.98 Å². The molecule has 198 valence electrons. The summed E-state index contributed by atoms with van der Waals surface area (Å²) in [6.07, 6.45) is 1.65. The molecule has 3 aromatic rings. The summed E-state index contributed by atoms with van der Waals surface area (Å²) in [5.41, 5.74) is 1.51. The second-order valence-electron chi connectivity index (χ2n) is 9.19. The molecular weight excluding hydrogens is 490 g/mol. The zero-order chi connectivity index (χ0) is 26.0. The molecule has 1 N–H and O–H groups in total. The zero-order valence-corrected chi connectivity index (χ0v) is 22.3. The zero-order valence-electron chi connectivity index (χ0n) is 21.5. The number of methoxy groups -OCH3 is 1. The first-order valence-electron chi connectivity index (χ1n) is 12.7. The van der Waals surface area contributed by atoms with Crippen LogP contribution in [0.5, 0.6) is 0 Å². The lowest BCUT2D eigenvalue weighted by atomic mass is 9.97. The van der Waals surface area contributed by atoms with Crippen LogP contribution in [0.3, 0.4) is 0 Å². The number of carbonyl (C=O) groups excluding carboxylic acids is 2. The highest BCUT2D eigenvalue weighted by molar-refractivity contribution is 7.09. The molecule has 1 saturated heterocycles. The molecule has 0 saturated carbocycles. The molecule has 4 rings (SSSR count). The summed E-state index contributed by atoms with van der Waals surface area (Å²) in [4.78, 5) is 31.8. The van der Waals surface area contributed by atoms with Crippen LogP contribution >= 0.6 is 11.3 Å². The number of aromatic nitrogens is 1. The number of nitrogens with zero attached hydrogens (tertiary/aromatic N) is 2. The molecule has 9 heteroatoms. The molecular formula is C28H35N3O5S. The third kappa shape index (κ3) is 7.58. The van der Waals surface area contributed by atoms with Crippen molar-refractivity contribution in [2.75, 3.05) is 53.2 Å². The first-order valence-corrected chi connectivity index (χ1v) is 13.6. The van der Waals surface area contributed by atoms with Crippen LogP contribution in [0.1, 0.15) is 52.8 Å². The predicted molar refractivity (Wildman–Crippen MR) is 144 cm³/mol. The van der Waals surface area contributed by atoms with E-state index in [1.807, 2.05) is 29.3 Å². The van der Waals surface area contributed by atoms with Gasteiger partial charge >= 0.3 is 0 Å². The van der Waals surface area contributed by atoms with E-state index in [1.165, 1.54) is 16.7 Å². The number of carbonyl (C=O) groups is 2. The summed E-state index contributed by atoms with van der Waals surface area (Å²) >= 11 is 1.52. The number of likely N-dealkylation sites (tertiary alicyclic amines) is 1. The van der Waals surface area contributed by atoms with E-state index >= 15 is 0 Å². The van der Waals surface area contributed by atoms with Gasteiger partial charge < -0.3 is 24.4 Å². The van der Waals surface area contributed by atoms with E-state index in [2.05, 4.69) is 40.6 Å². The van der Waals surface area contributed by atoms with Gasteiger partial charge in [-0.15, -0.1) is 11.3 Å². The van der Waals surface area contributed by atoms with Crippen LogP contribution in [-0.2, 0) is 19.0 Å². The number of thiazole rings is 1. The quantitative estimate of drug-likeness (QED) is 0.357. The molecule has 37 heavy (non-hydrogen) atoms. The smallest absolute Gasteiger partial charge is 0.271 e. The average Bonchev–Trinajstić information content (AvgIpc) is 3.43. The van der Waals surface area contributed by atoms with Gasteiger partial charge in [0, 0.05) is 31.5 Å². The summed E-state index contributed by atoms with van der Waals surface area (Å²) in [5, 5.41) is 8.20. The second kappa shape index (κ2) is 13.6. The lowest BCUT2D eigenvalue weighted by Gasteiger charge is -2.31. The standard InChI is InChI=1S/C28H35N3O5S/c1-20(23-8-7-21-5-3-4-6-24(21)17-23)29-27(33)25-19-37-28(30-25)22-9-11-31(12-10-22)26(32)18-36-16-15-35-14-13-34-2/h3-8,17,19-20,22H,9-16,18H2,1-2H3,(H,29,33). The highest BCUT2D eigenvalue weighted by Crippen LogP contribution is 2.30. The Labute approximate surface area is 221 Å². The van der Waals surface area contributed by atoms with Crippen molar-refractivity contribution in [3.63, 3.8) is 0 Å². The van der Waals surface area contributed by atoms with Crippen LogP contribution in [-0.4, -0.2) is 74.9 Å². The van der Waals surface area contributed by atoms with Crippen LogP contribution in [0.2, 0.25) is 0 Å². The minimum absolute atomic E-state index is 0.00257. The molecule has 1 aromatic heterocycles. The number of hydrogen-bond donors (Lipinski definition) is 1. The van der Waals surface area contributed by atoms with Crippen molar-refractivity contribution in [3.05, 3.63) is 64.1 Å². The molecule has 1 atom stereocenters. The van der Waals surface area contributed by atoms with Crippen molar-refractivity contribution in [3.8, 4) is 0 Å². The van der Waals surface area contributed by atoms with Gasteiger partial charge in [-0.3, -0.25) is 9.59 Å². The average molecular weight is 526 g/mol. The summed E-state index contributed by atoms with van der Waals surface area (Å²) in [5.74, 6) is 0.0833. The van der Waals surface area contributed by atoms with E-state index < -0.39 is 0 Å². The number of hydrogen-bond acceptors (Lipinski definition) is 7. The number of rotatable bonds is 12. The molecule has 1 unspecified atom stereocenters. The van der Waals surface area contributed by atoms with Gasteiger partial charge in [0.05, 0.1) is 37.5 Å². The van der Waals surface area contributed by atoms with E-state index in [-0.39, 0.29) is 30.4 Å². The van der Waals surface area contributed by atoms with E-state index in [0.717, 1.165) is 28.8 Å². The van der Waals surface area contributed by atoms with Crippen LogP contribution in [0.4, 0.5) is 0 Å². The minimum Gasteiger partial charge on any atom is -0.382 e. The maximum Gasteiger partial charge on any atom is 0.271 e. The van der Waals surface area contributed by atoms with Gasteiger partial charge in [-0.05, 0) is 42.2 Å². The van der Waals surface area contributed by atoms with E-state index in [4.69, 9.17) is 14.2 Å². The first kappa shape index (κ1) is 27.2. The van der Waals surface area contributed by atoms with Gasteiger partial charge in [0.25, 0.3) is 5.91 Å². The fourth-order valence-electron chi connectivity index (χ4n) is 4.40. The second-order valence-corrected chi connectivity index (χ2v) is 10.1. The van der Waals surface area contributed by atoms with Crippen molar-refractivity contribution < 1.29 is 23.8 Å². The van der Waals surface area contributed by atoms with E-state index in [9.17, 15) is 9.59 Å². The van der Waals surface area contributed by atoms with Gasteiger partial charge in [-0.1, -0.05) is 36.4 Å². The van der Waals surface area contributed by atoms with Gasteiger partial charge in [0.15, 0.2) is 0 Å². The summed E-state index contributed by atoms with van der Waals surface area (Å²) in [6.45, 7) is 5.27. The predicted octanol–water partition coefficient (Wildman–Crippen LogP) is 4.17. The molecule has 1 aliphatic heterocycles. The Balaban J connectivity index is 1.21. The first-order chi connectivity index (χ1) is 18.0. The molecule has 2 amide bonds. The molecule has 8 nitrogen and oxygen atoms in total. The Morgan fingerprint density at radius 1 is 1.05 bits per heavy atom. The molecule has 2 aromatic carbocycles. The lowest BCUT2D eigenvalue weighted by molar-refractivity contribution is -0.137. The Bertz CT molecular complexity index is 1180. The van der Waals surface area contributed by atoms with Crippen molar-refractivity contribution >= 4 is 33.9 Å². The normalized spacial score (nSPS) is 15.1. The summed E-state index contributed by atoms with van der Waals surface area (Å²) < 4.78 is 15.7. The van der Waals surface area contributed by atoms with Crippen LogP contribution in [0.25, 0.3) is 10.8 Å². The fourth-order valence-corrected chi connectivity index (χ4v) is 5.37. The molecule has 2 heterocycles. The van der Waals surface area contributed by atoms with Crippen molar-refractivity contribution in [2.45, 2.75) is 31.7 Å². The minimum atomic E-state index is -0.167. The number of benzene rings is 2. The maximum absolute atomic E-state index is 12.9. The molecule has 1 aliphatic rings. The maximum atomic E-state index is 12.9. The van der Waals surface area contributed by atoms with E-state index in [1.54, 1.807) is 7.11 Å². The molecule has 1 fully saturated rings. The van der Waals surface area contributed by atoms with Crippen molar-refractivity contribution in [2.24, 2.45) is 0 Å². The van der Waals surface area contributed by atoms with Crippen LogP contribution in [0.15, 0.2) is 47.8 Å². The number of nitrogens with one attached hydrogen (secondary N) is 1. The number of ether oxygens (including phenoxy) is 3. The summed E-state index contributed by atoms with van der Waals surface area (Å²) in [7, 11) is 1.63. The van der Waals surface area contributed by atoms with Gasteiger partial charge in [-0.2, -0.15) is 0 Å². The molecule has 0 spiro atoms. The van der Waals surface area contributed by atoms with Gasteiger partial charge in [0.2, 0.25) is 5.91 Å². The summed E-state index contributed by atoms with van der Waals surface area (Å²) in [6, 6.07) is 14.3. The van der Waals surface area contributed by atoms with Crippen molar-refractivity contribution in [1.29, 1.82) is 0 Å². The monoisotopic (exact) mass is 525 g/mol. The fraction of sp³-hybridized carbons (Fsp3) is 0.464. The number of amides is 2.